The lowest BCUT2D eigenvalue weighted by Crippen LogP contribution is -2.34. The van der Waals surface area contributed by atoms with Crippen molar-refractivity contribution in [2.24, 2.45) is 0 Å². The lowest BCUT2D eigenvalue weighted by molar-refractivity contribution is -0.0502. The molecule has 0 fully saturated rings. The molecule has 0 amide bonds. The molecule has 0 saturated heterocycles. The Hall–Kier alpha value is -0.230. The summed E-state index contributed by atoms with van der Waals surface area (Å²) in [6.45, 7) is 2.02. The maximum Gasteiger partial charge on any atom is 0.356 e. The second-order valence-corrected chi connectivity index (χ2v) is 9.43. The van der Waals surface area contributed by atoms with Crippen LogP contribution in [0, 0.1) is 0 Å². The van der Waals surface area contributed by atoms with Crippen LogP contribution in [0.4, 0.5) is 0 Å². The highest BCUT2D eigenvalue weighted by atomic mass is 31.2. The summed E-state index contributed by atoms with van der Waals surface area (Å²) in [5.41, 5.74) is 0. The lowest BCUT2D eigenvalue weighted by atomic mass is 10.1. The maximum absolute atomic E-state index is 11.5. The van der Waals surface area contributed by atoms with Gasteiger partial charge in [0.15, 0.2) is 5.85 Å². The van der Waals surface area contributed by atoms with Crippen molar-refractivity contribution >= 4 is 7.60 Å². The Morgan fingerprint density at radius 1 is 0.828 bits per heavy atom. The van der Waals surface area contributed by atoms with Gasteiger partial charge in [0.05, 0.1) is 6.61 Å². The molecular formula is C22H45O6P. The van der Waals surface area contributed by atoms with Crippen molar-refractivity contribution in [2.45, 2.75) is 109 Å². The van der Waals surface area contributed by atoms with E-state index >= 15 is 0 Å². The quantitative estimate of drug-likeness (QED) is 0.124. The van der Waals surface area contributed by atoms with Crippen molar-refractivity contribution in [3.63, 3.8) is 0 Å². The van der Waals surface area contributed by atoms with Crippen LogP contribution in [0.15, 0.2) is 12.2 Å². The number of hydrogen-bond acceptors (Lipinski definition) is 4. The molecule has 0 aromatic heterocycles. The first kappa shape index (κ1) is 28.8. The number of unbranched alkanes of at least 4 members (excludes halogenated alkanes) is 12. The van der Waals surface area contributed by atoms with E-state index in [2.05, 4.69) is 19.1 Å². The Labute approximate surface area is 178 Å². The fourth-order valence-electron chi connectivity index (χ4n) is 3.26. The van der Waals surface area contributed by atoms with Crippen molar-refractivity contribution in [3.8, 4) is 0 Å². The minimum atomic E-state index is -4.47. The second kappa shape index (κ2) is 19.7. The highest BCUT2D eigenvalue weighted by Gasteiger charge is 2.37. The summed E-state index contributed by atoms with van der Waals surface area (Å²) >= 11 is 0. The van der Waals surface area contributed by atoms with Crippen LogP contribution in [-0.2, 0) is 14.0 Å². The Morgan fingerprint density at radius 2 is 1.31 bits per heavy atom. The monoisotopic (exact) mass is 436 g/mol. The van der Waals surface area contributed by atoms with E-state index in [1.165, 1.54) is 71.3 Å². The van der Waals surface area contributed by atoms with Crippen LogP contribution in [-0.4, -0.2) is 47.2 Å². The first-order chi connectivity index (χ1) is 14.0. The van der Waals surface area contributed by atoms with Crippen LogP contribution in [0.25, 0.3) is 0 Å². The van der Waals surface area contributed by atoms with Crippen LogP contribution in [0.5, 0.6) is 0 Å². The summed E-state index contributed by atoms with van der Waals surface area (Å²) in [6, 6.07) is 0. The number of aliphatic hydroxyl groups is 1. The minimum Gasteiger partial charge on any atom is -0.394 e. The normalized spacial score (nSPS) is 14.5. The molecule has 0 rings (SSSR count). The molecule has 6 nitrogen and oxygen atoms in total. The number of rotatable bonds is 21. The Balaban J connectivity index is 3.54. The summed E-state index contributed by atoms with van der Waals surface area (Å²) in [5, 5.41) is 9.15. The first-order valence-corrected chi connectivity index (χ1v) is 13.1. The number of methoxy groups -OCH3 is 1. The van der Waals surface area contributed by atoms with Crippen molar-refractivity contribution < 1.29 is 28.9 Å². The van der Waals surface area contributed by atoms with E-state index in [0.717, 1.165) is 25.7 Å². The van der Waals surface area contributed by atoms with Gasteiger partial charge in [-0.15, -0.1) is 0 Å². The molecule has 0 saturated carbocycles. The molecule has 3 N–H and O–H groups in total. The fourth-order valence-corrected chi connectivity index (χ4v) is 4.20. The van der Waals surface area contributed by atoms with Gasteiger partial charge in [-0.25, -0.2) is 0 Å². The maximum atomic E-state index is 11.5. The van der Waals surface area contributed by atoms with Gasteiger partial charge in [0.1, 0.15) is 6.10 Å². The molecule has 0 aliphatic heterocycles. The summed E-state index contributed by atoms with van der Waals surface area (Å²) in [7, 11) is -3.17. The summed E-state index contributed by atoms with van der Waals surface area (Å²) in [5.74, 6) is -1.40. The van der Waals surface area contributed by atoms with E-state index in [-0.39, 0.29) is 6.61 Å². The van der Waals surface area contributed by atoms with Crippen molar-refractivity contribution in [1.29, 1.82) is 0 Å². The molecule has 174 valence electrons. The predicted molar refractivity (Wildman–Crippen MR) is 119 cm³/mol. The van der Waals surface area contributed by atoms with E-state index in [4.69, 9.17) is 14.6 Å². The highest BCUT2D eigenvalue weighted by Crippen LogP contribution is 2.44. The van der Waals surface area contributed by atoms with Crippen molar-refractivity contribution in [2.75, 3.05) is 20.3 Å². The van der Waals surface area contributed by atoms with Crippen LogP contribution in [0.3, 0.4) is 0 Å². The van der Waals surface area contributed by atoms with Gasteiger partial charge >= 0.3 is 7.60 Å². The molecule has 0 aliphatic carbocycles. The van der Waals surface area contributed by atoms with Crippen LogP contribution < -0.4 is 0 Å². The average molecular weight is 437 g/mol. The number of allylic oxidation sites excluding steroid dienone is 2. The topological polar surface area (TPSA) is 96.2 Å². The standard InChI is InChI=1S/C22H45O6P/c1-3-4-5-6-7-8-9-10-11-12-13-14-15-16-17-18-19-28-22(29(24,25)26)21(20-23)27-2/h10-11,21-23H,3-9,12-20H2,1-2H3,(H2,24,25,26)/b11-10-/t21-,22?/m0/s1. The van der Waals surface area contributed by atoms with E-state index in [1.54, 1.807) is 0 Å². The molecule has 0 bridgehead atoms. The number of aliphatic hydroxyl groups excluding tert-OH is 1. The molecule has 0 spiro atoms. The molecule has 0 heterocycles. The van der Waals surface area contributed by atoms with E-state index in [9.17, 15) is 14.4 Å². The van der Waals surface area contributed by atoms with Crippen LogP contribution in [0.1, 0.15) is 96.8 Å². The van der Waals surface area contributed by atoms with Crippen molar-refractivity contribution in [3.05, 3.63) is 12.2 Å². The van der Waals surface area contributed by atoms with Gasteiger partial charge in [-0.1, -0.05) is 76.9 Å². The van der Waals surface area contributed by atoms with Gasteiger partial charge < -0.3 is 24.4 Å². The van der Waals surface area contributed by atoms with Gasteiger partial charge in [-0.3, -0.25) is 4.57 Å². The van der Waals surface area contributed by atoms with E-state index in [0.29, 0.717) is 0 Å². The van der Waals surface area contributed by atoms with Gasteiger partial charge in [0, 0.05) is 13.7 Å². The molecule has 0 aliphatic rings. The third-order valence-electron chi connectivity index (χ3n) is 5.08. The Kier molecular flexibility index (Phi) is 19.6. The molecule has 29 heavy (non-hydrogen) atoms. The smallest absolute Gasteiger partial charge is 0.356 e. The predicted octanol–water partition coefficient (Wildman–Crippen LogP) is 5.55. The number of ether oxygens (including phenoxy) is 2. The Bertz CT molecular complexity index is 420. The van der Waals surface area contributed by atoms with Crippen molar-refractivity contribution in [1.82, 2.24) is 0 Å². The molecule has 0 aromatic rings. The molecular weight excluding hydrogens is 391 g/mol. The molecule has 0 aromatic carbocycles. The molecule has 1 unspecified atom stereocenters. The molecule has 0 radical (unpaired) electrons. The van der Waals surface area contributed by atoms with Gasteiger partial charge in [-0.05, 0) is 32.1 Å². The zero-order valence-corrected chi connectivity index (χ0v) is 19.5. The van der Waals surface area contributed by atoms with Crippen LogP contribution >= 0.6 is 7.60 Å². The van der Waals surface area contributed by atoms with E-state index < -0.39 is 26.2 Å². The summed E-state index contributed by atoms with van der Waals surface area (Å²) in [4.78, 5) is 18.7. The lowest BCUT2D eigenvalue weighted by Gasteiger charge is -2.25. The minimum absolute atomic E-state index is 0.261. The molecule has 2 atom stereocenters. The average Bonchev–Trinajstić information content (AvgIpc) is 2.68. The zero-order valence-electron chi connectivity index (χ0n) is 18.6. The third kappa shape index (κ3) is 17.2. The van der Waals surface area contributed by atoms with Gasteiger partial charge in [0.2, 0.25) is 0 Å². The van der Waals surface area contributed by atoms with E-state index in [1.807, 2.05) is 0 Å². The molecule has 7 heteroatoms. The Morgan fingerprint density at radius 3 is 1.76 bits per heavy atom. The fraction of sp³-hybridized carbons (Fsp3) is 0.909. The first-order valence-electron chi connectivity index (χ1n) is 11.4. The summed E-state index contributed by atoms with van der Waals surface area (Å²) < 4.78 is 21.7. The van der Waals surface area contributed by atoms with Crippen LogP contribution in [0.2, 0.25) is 0 Å². The third-order valence-corrected chi connectivity index (χ3v) is 6.22. The largest absolute Gasteiger partial charge is 0.394 e. The zero-order chi connectivity index (χ0) is 21.8. The van der Waals surface area contributed by atoms with Gasteiger partial charge in [-0.2, -0.15) is 0 Å². The number of hydrogen-bond donors (Lipinski definition) is 3. The second-order valence-electron chi connectivity index (χ2n) is 7.75. The highest BCUT2D eigenvalue weighted by molar-refractivity contribution is 7.52. The van der Waals surface area contributed by atoms with Gasteiger partial charge in [0.25, 0.3) is 0 Å². The summed E-state index contributed by atoms with van der Waals surface area (Å²) in [6.07, 6.45) is 20.5. The SMILES string of the molecule is CCCCCCCC/C=C\CCCCCCCCOC([C@H](CO)OC)P(=O)(O)O.